The van der Waals surface area contributed by atoms with Crippen molar-refractivity contribution in [1.82, 2.24) is 14.9 Å². The van der Waals surface area contributed by atoms with Crippen molar-refractivity contribution >= 4 is 16.0 Å². The average molecular weight is 261 g/mol. The van der Waals surface area contributed by atoms with Crippen LogP contribution in [-0.2, 0) is 14.8 Å². The molecule has 1 rings (SSSR count). The van der Waals surface area contributed by atoms with Crippen LogP contribution in [0.1, 0.15) is 20.3 Å². The molecule has 0 aliphatic heterocycles. The largest absolute Gasteiger partial charge is 0.480 e. The summed E-state index contributed by atoms with van der Waals surface area (Å²) in [7, 11) is -3.87. The van der Waals surface area contributed by atoms with E-state index in [1.165, 1.54) is 12.3 Å². The number of nitrogens with one attached hydrogen (secondary N) is 2. The molecule has 2 unspecified atom stereocenters. The predicted molar refractivity (Wildman–Crippen MR) is 59.8 cm³/mol. The lowest BCUT2D eigenvalue weighted by Crippen LogP contribution is -2.45. The lowest BCUT2D eigenvalue weighted by molar-refractivity contribution is -0.140. The van der Waals surface area contributed by atoms with E-state index < -0.39 is 22.0 Å². The van der Waals surface area contributed by atoms with Gasteiger partial charge in [0.15, 0.2) is 5.03 Å². The van der Waals surface area contributed by atoms with Crippen molar-refractivity contribution in [3.8, 4) is 0 Å². The number of carboxylic acid groups (broad SMARTS) is 1. The highest BCUT2D eigenvalue weighted by Crippen LogP contribution is 2.12. The predicted octanol–water partition coefficient (Wildman–Crippen LogP) is 0.187. The Morgan fingerprint density at radius 2 is 2.29 bits per heavy atom. The topological polar surface area (TPSA) is 112 Å². The molecule has 0 saturated carbocycles. The molecule has 1 aromatic rings. The second-order valence-electron chi connectivity index (χ2n) is 3.74. The van der Waals surface area contributed by atoms with E-state index in [2.05, 4.69) is 14.9 Å². The maximum absolute atomic E-state index is 11.8. The first-order chi connectivity index (χ1) is 7.88. The van der Waals surface area contributed by atoms with Crippen LogP contribution in [0.25, 0.3) is 0 Å². The third-order valence-corrected chi connectivity index (χ3v) is 3.90. The Morgan fingerprint density at radius 1 is 1.65 bits per heavy atom. The molecular weight excluding hydrogens is 246 g/mol. The van der Waals surface area contributed by atoms with Gasteiger partial charge in [0.2, 0.25) is 0 Å². The molecule has 3 N–H and O–H groups in total. The van der Waals surface area contributed by atoms with Crippen LogP contribution in [0.2, 0.25) is 0 Å². The Morgan fingerprint density at radius 3 is 2.71 bits per heavy atom. The van der Waals surface area contributed by atoms with Crippen LogP contribution in [0.15, 0.2) is 17.3 Å². The van der Waals surface area contributed by atoms with Gasteiger partial charge in [0.25, 0.3) is 10.0 Å². The highest BCUT2D eigenvalue weighted by atomic mass is 32.2. The molecule has 8 heteroatoms. The van der Waals surface area contributed by atoms with E-state index in [-0.39, 0.29) is 10.9 Å². The number of hydrogen-bond acceptors (Lipinski definition) is 4. The number of sulfonamides is 1. The fraction of sp³-hybridized carbons (Fsp3) is 0.556. The Kier molecular flexibility index (Phi) is 4.24. The summed E-state index contributed by atoms with van der Waals surface area (Å²) < 4.78 is 25.7. The molecule has 17 heavy (non-hydrogen) atoms. The van der Waals surface area contributed by atoms with Crippen molar-refractivity contribution in [2.75, 3.05) is 0 Å². The molecule has 0 amide bonds. The first-order valence-electron chi connectivity index (χ1n) is 5.13. The Hall–Kier alpha value is -1.41. The van der Waals surface area contributed by atoms with E-state index in [1.54, 1.807) is 13.8 Å². The first kappa shape index (κ1) is 13.7. The molecule has 0 radical (unpaired) electrons. The summed E-state index contributed by atoms with van der Waals surface area (Å²) in [6.07, 6.45) is 1.84. The van der Waals surface area contributed by atoms with Crippen LogP contribution >= 0.6 is 0 Å². The molecule has 0 aromatic carbocycles. The number of aliphatic carboxylic acids is 1. The third kappa shape index (κ3) is 3.27. The van der Waals surface area contributed by atoms with Gasteiger partial charge in [-0.1, -0.05) is 20.3 Å². The second kappa shape index (κ2) is 5.28. The summed E-state index contributed by atoms with van der Waals surface area (Å²) in [4.78, 5) is 11.0. The van der Waals surface area contributed by atoms with Gasteiger partial charge in [-0.15, -0.1) is 0 Å². The highest BCUT2D eigenvalue weighted by Gasteiger charge is 2.29. The molecule has 0 fully saturated rings. The lowest BCUT2D eigenvalue weighted by Gasteiger charge is -2.19. The van der Waals surface area contributed by atoms with Gasteiger partial charge in [0, 0.05) is 0 Å². The maximum atomic E-state index is 11.8. The molecule has 0 aliphatic rings. The summed E-state index contributed by atoms with van der Waals surface area (Å²) in [5.41, 5.74) is 0. The van der Waals surface area contributed by atoms with Crippen LogP contribution in [0, 0.1) is 5.92 Å². The van der Waals surface area contributed by atoms with E-state index in [9.17, 15) is 13.2 Å². The fourth-order valence-corrected chi connectivity index (χ4v) is 2.48. The summed E-state index contributed by atoms with van der Waals surface area (Å²) in [6.45, 7) is 3.47. The number of hydrogen-bond donors (Lipinski definition) is 3. The Labute approximate surface area is 99.3 Å². The van der Waals surface area contributed by atoms with Gasteiger partial charge in [-0.25, -0.2) is 8.42 Å². The Bertz CT molecular complexity index is 468. The van der Waals surface area contributed by atoms with Gasteiger partial charge in [-0.2, -0.15) is 9.82 Å². The van der Waals surface area contributed by atoms with Crippen molar-refractivity contribution in [2.45, 2.75) is 31.3 Å². The zero-order valence-electron chi connectivity index (χ0n) is 9.54. The minimum atomic E-state index is -3.87. The zero-order valence-corrected chi connectivity index (χ0v) is 10.4. The minimum absolute atomic E-state index is 0.146. The van der Waals surface area contributed by atoms with Gasteiger partial charge in [-0.05, 0) is 12.0 Å². The summed E-state index contributed by atoms with van der Waals surface area (Å²) in [5.74, 6) is -1.49. The van der Waals surface area contributed by atoms with Crippen molar-refractivity contribution in [1.29, 1.82) is 0 Å². The average Bonchev–Trinajstić information content (AvgIpc) is 2.78. The second-order valence-corrected chi connectivity index (χ2v) is 5.43. The van der Waals surface area contributed by atoms with E-state index >= 15 is 0 Å². The van der Waals surface area contributed by atoms with Crippen LogP contribution in [-0.4, -0.2) is 35.7 Å². The number of aromatic amines is 1. The number of carboxylic acids is 1. The minimum Gasteiger partial charge on any atom is -0.480 e. The highest BCUT2D eigenvalue weighted by molar-refractivity contribution is 7.89. The Balaban J connectivity index is 2.92. The number of nitrogens with zero attached hydrogens (tertiary/aromatic N) is 1. The third-order valence-electron chi connectivity index (χ3n) is 2.53. The van der Waals surface area contributed by atoms with Crippen LogP contribution in [0.5, 0.6) is 0 Å². The molecule has 96 valence electrons. The fourth-order valence-electron chi connectivity index (χ4n) is 1.27. The van der Waals surface area contributed by atoms with Gasteiger partial charge >= 0.3 is 5.97 Å². The zero-order chi connectivity index (χ0) is 13.1. The van der Waals surface area contributed by atoms with Gasteiger partial charge < -0.3 is 5.11 Å². The molecule has 0 saturated heterocycles. The molecule has 1 aromatic heterocycles. The van der Waals surface area contributed by atoms with E-state index in [0.717, 1.165) is 0 Å². The number of carbonyl (C=O) groups is 1. The van der Waals surface area contributed by atoms with E-state index in [1.807, 2.05) is 0 Å². The quantitative estimate of drug-likeness (QED) is 0.676. The summed E-state index contributed by atoms with van der Waals surface area (Å²) >= 11 is 0. The molecular formula is C9H15N3O4S. The molecule has 0 aliphatic carbocycles. The first-order valence-corrected chi connectivity index (χ1v) is 6.61. The normalized spacial score (nSPS) is 15.4. The van der Waals surface area contributed by atoms with E-state index in [0.29, 0.717) is 6.42 Å². The monoisotopic (exact) mass is 261 g/mol. The van der Waals surface area contributed by atoms with Gasteiger partial charge in [0.1, 0.15) is 6.04 Å². The maximum Gasteiger partial charge on any atom is 0.322 e. The van der Waals surface area contributed by atoms with Crippen molar-refractivity contribution < 1.29 is 18.3 Å². The van der Waals surface area contributed by atoms with Crippen molar-refractivity contribution in [2.24, 2.45) is 5.92 Å². The van der Waals surface area contributed by atoms with E-state index in [4.69, 9.17) is 5.11 Å². The van der Waals surface area contributed by atoms with Gasteiger partial charge in [0.05, 0.1) is 6.20 Å². The van der Waals surface area contributed by atoms with Crippen LogP contribution in [0.4, 0.5) is 0 Å². The van der Waals surface area contributed by atoms with Crippen LogP contribution in [0.3, 0.4) is 0 Å². The molecule has 7 nitrogen and oxygen atoms in total. The molecule has 1 heterocycles. The molecule has 0 spiro atoms. The number of aromatic nitrogens is 2. The summed E-state index contributed by atoms with van der Waals surface area (Å²) in [5, 5.41) is 14.6. The SMILES string of the molecule is CCC(C)C(NS(=O)(=O)c1ccn[nH]1)C(=O)O. The van der Waals surface area contributed by atoms with Crippen molar-refractivity contribution in [3.63, 3.8) is 0 Å². The van der Waals surface area contributed by atoms with Crippen LogP contribution < -0.4 is 4.72 Å². The standard InChI is InChI=1S/C9H15N3O4S/c1-3-6(2)8(9(13)14)12-17(15,16)7-4-5-10-11-7/h4-6,8,12H,3H2,1-2H3,(H,10,11)(H,13,14). The lowest BCUT2D eigenvalue weighted by atomic mass is 10.0. The number of H-pyrrole nitrogens is 1. The molecule has 0 bridgehead atoms. The smallest absolute Gasteiger partial charge is 0.322 e. The van der Waals surface area contributed by atoms with Crippen molar-refractivity contribution in [3.05, 3.63) is 12.3 Å². The number of rotatable bonds is 6. The van der Waals surface area contributed by atoms with Gasteiger partial charge in [-0.3, -0.25) is 9.89 Å². The summed E-state index contributed by atoms with van der Waals surface area (Å²) in [6, 6.07) is 0.117. The molecule has 2 atom stereocenters.